The van der Waals surface area contributed by atoms with E-state index in [1.54, 1.807) is 6.07 Å². The molecule has 2 heterocycles. The van der Waals surface area contributed by atoms with Crippen molar-refractivity contribution in [1.29, 1.82) is 0 Å². The quantitative estimate of drug-likeness (QED) is 0.578. The number of hydrogen-bond acceptors (Lipinski definition) is 4. The van der Waals surface area contributed by atoms with Gasteiger partial charge in [0, 0.05) is 12.2 Å². The van der Waals surface area contributed by atoms with Crippen LogP contribution in [-0.4, -0.2) is 28.0 Å². The van der Waals surface area contributed by atoms with E-state index in [0.717, 1.165) is 30.8 Å². The number of likely N-dealkylation sites (tertiary alicyclic amines) is 1. The molecular weight excluding hydrogens is 280 g/mol. The number of benzene rings is 1. The number of nitrogen functional groups attached to an aromatic ring is 1. The SMILES string of the molecule is Cc1c(N)cc2[nH]c(=O)c(=O)[nH]c2c1CN1CCCCCC1. The molecule has 6 heteroatoms. The number of fused-ring (bicyclic) bond motifs is 1. The number of nitrogens with zero attached hydrogens (tertiary/aromatic N) is 1. The summed E-state index contributed by atoms with van der Waals surface area (Å²) in [6.07, 6.45) is 4.95. The predicted molar refractivity (Wildman–Crippen MR) is 88.1 cm³/mol. The first-order valence-electron chi connectivity index (χ1n) is 7.83. The fourth-order valence-corrected chi connectivity index (χ4v) is 3.17. The molecule has 1 fully saturated rings. The lowest BCUT2D eigenvalue weighted by molar-refractivity contribution is 0.277. The Morgan fingerprint density at radius 2 is 1.73 bits per heavy atom. The Hall–Kier alpha value is -2.08. The van der Waals surface area contributed by atoms with Gasteiger partial charge in [-0.2, -0.15) is 0 Å². The highest BCUT2D eigenvalue weighted by Gasteiger charge is 2.16. The Balaban J connectivity index is 2.10. The summed E-state index contributed by atoms with van der Waals surface area (Å²) in [6, 6.07) is 1.72. The van der Waals surface area contributed by atoms with E-state index in [1.165, 1.54) is 25.7 Å². The monoisotopic (exact) mass is 302 g/mol. The molecule has 0 amide bonds. The molecule has 1 aliphatic heterocycles. The summed E-state index contributed by atoms with van der Waals surface area (Å²) in [5, 5.41) is 0. The van der Waals surface area contributed by atoms with Crippen molar-refractivity contribution in [3.05, 3.63) is 37.9 Å². The van der Waals surface area contributed by atoms with Crippen LogP contribution in [0.1, 0.15) is 36.8 Å². The maximum atomic E-state index is 11.7. The number of hydrogen-bond donors (Lipinski definition) is 3. The average Bonchev–Trinajstić information content (AvgIpc) is 2.75. The lowest BCUT2D eigenvalue weighted by Crippen LogP contribution is -2.30. The molecule has 118 valence electrons. The molecule has 1 aromatic carbocycles. The van der Waals surface area contributed by atoms with Crippen molar-refractivity contribution in [2.75, 3.05) is 18.8 Å². The van der Waals surface area contributed by atoms with Crippen LogP contribution in [0.25, 0.3) is 11.0 Å². The first-order chi connectivity index (χ1) is 10.6. The largest absolute Gasteiger partial charge is 0.398 e. The van der Waals surface area contributed by atoms with Crippen molar-refractivity contribution < 1.29 is 0 Å². The van der Waals surface area contributed by atoms with Crippen LogP contribution in [0, 0.1) is 6.92 Å². The van der Waals surface area contributed by atoms with E-state index in [2.05, 4.69) is 14.9 Å². The normalized spacial score (nSPS) is 16.8. The van der Waals surface area contributed by atoms with E-state index >= 15 is 0 Å². The van der Waals surface area contributed by atoms with E-state index < -0.39 is 11.1 Å². The molecule has 0 saturated carbocycles. The molecular formula is C16H22N4O2. The molecule has 22 heavy (non-hydrogen) atoms. The number of rotatable bonds is 2. The molecule has 2 aromatic rings. The Morgan fingerprint density at radius 1 is 1.09 bits per heavy atom. The van der Waals surface area contributed by atoms with Gasteiger partial charge in [-0.05, 0) is 50.0 Å². The van der Waals surface area contributed by atoms with Crippen LogP contribution in [-0.2, 0) is 6.54 Å². The lowest BCUT2D eigenvalue weighted by Gasteiger charge is -2.22. The molecule has 0 radical (unpaired) electrons. The maximum absolute atomic E-state index is 11.7. The van der Waals surface area contributed by atoms with Gasteiger partial charge < -0.3 is 15.7 Å². The lowest BCUT2D eigenvalue weighted by atomic mass is 10.0. The highest BCUT2D eigenvalue weighted by atomic mass is 16.2. The van der Waals surface area contributed by atoms with Crippen molar-refractivity contribution in [2.24, 2.45) is 0 Å². The van der Waals surface area contributed by atoms with Gasteiger partial charge in [0.05, 0.1) is 11.0 Å². The van der Waals surface area contributed by atoms with Gasteiger partial charge in [0.25, 0.3) is 0 Å². The zero-order valence-corrected chi connectivity index (χ0v) is 12.9. The van der Waals surface area contributed by atoms with Crippen molar-refractivity contribution in [2.45, 2.75) is 39.2 Å². The Morgan fingerprint density at radius 3 is 2.41 bits per heavy atom. The second kappa shape index (κ2) is 5.96. The number of anilines is 1. The van der Waals surface area contributed by atoms with Crippen LogP contribution in [0.15, 0.2) is 15.7 Å². The van der Waals surface area contributed by atoms with Gasteiger partial charge in [0.15, 0.2) is 0 Å². The van der Waals surface area contributed by atoms with Gasteiger partial charge in [-0.1, -0.05) is 12.8 Å². The second-order valence-corrected chi connectivity index (χ2v) is 6.09. The molecule has 3 rings (SSSR count). The third kappa shape index (κ3) is 2.78. The molecule has 0 aliphatic carbocycles. The number of aromatic nitrogens is 2. The Bertz CT molecular complexity index is 798. The third-order valence-electron chi connectivity index (χ3n) is 4.53. The summed E-state index contributed by atoms with van der Waals surface area (Å²) in [6.45, 7) is 4.83. The van der Waals surface area contributed by atoms with Crippen molar-refractivity contribution in [1.82, 2.24) is 14.9 Å². The highest BCUT2D eigenvalue weighted by molar-refractivity contribution is 5.83. The maximum Gasteiger partial charge on any atom is 0.314 e. The van der Waals surface area contributed by atoms with E-state index in [1.807, 2.05) is 6.92 Å². The Labute approximate surface area is 128 Å². The molecule has 0 spiro atoms. The minimum absolute atomic E-state index is 0.595. The van der Waals surface area contributed by atoms with Gasteiger partial charge in [-0.15, -0.1) is 0 Å². The van der Waals surface area contributed by atoms with E-state index in [-0.39, 0.29) is 0 Å². The number of aromatic amines is 2. The fourth-order valence-electron chi connectivity index (χ4n) is 3.17. The molecule has 1 aliphatic rings. The fraction of sp³-hybridized carbons (Fsp3) is 0.500. The first kappa shape index (κ1) is 14.8. The van der Waals surface area contributed by atoms with E-state index in [9.17, 15) is 9.59 Å². The van der Waals surface area contributed by atoms with Gasteiger partial charge in [-0.3, -0.25) is 14.5 Å². The average molecular weight is 302 g/mol. The predicted octanol–water partition coefficient (Wildman–Crippen LogP) is 1.48. The van der Waals surface area contributed by atoms with Gasteiger partial charge in [-0.25, -0.2) is 0 Å². The summed E-state index contributed by atoms with van der Waals surface area (Å²) < 4.78 is 0. The third-order valence-corrected chi connectivity index (χ3v) is 4.53. The van der Waals surface area contributed by atoms with Crippen LogP contribution >= 0.6 is 0 Å². The Kier molecular flexibility index (Phi) is 4.02. The molecule has 0 unspecified atom stereocenters. The van der Waals surface area contributed by atoms with Crippen LogP contribution in [0.5, 0.6) is 0 Å². The molecule has 0 bridgehead atoms. The van der Waals surface area contributed by atoms with Crippen LogP contribution in [0.4, 0.5) is 5.69 Å². The summed E-state index contributed by atoms with van der Waals surface area (Å²) in [4.78, 5) is 30.9. The first-order valence-corrected chi connectivity index (χ1v) is 7.83. The zero-order valence-electron chi connectivity index (χ0n) is 12.9. The summed E-state index contributed by atoms with van der Waals surface area (Å²) in [7, 11) is 0. The molecule has 0 atom stereocenters. The summed E-state index contributed by atoms with van der Waals surface area (Å²) in [5.41, 5.74) is 8.72. The van der Waals surface area contributed by atoms with Crippen LogP contribution in [0.3, 0.4) is 0 Å². The molecule has 6 nitrogen and oxygen atoms in total. The minimum atomic E-state index is -0.642. The summed E-state index contributed by atoms with van der Waals surface area (Å²) >= 11 is 0. The number of H-pyrrole nitrogens is 2. The number of nitrogens with one attached hydrogen (secondary N) is 2. The molecule has 1 saturated heterocycles. The van der Waals surface area contributed by atoms with Crippen molar-refractivity contribution in [3.63, 3.8) is 0 Å². The smallest absolute Gasteiger partial charge is 0.314 e. The minimum Gasteiger partial charge on any atom is -0.398 e. The molecule has 1 aromatic heterocycles. The van der Waals surface area contributed by atoms with Gasteiger partial charge >= 0.3 is 11.1 Å². The van der Waals surface area contributed by atoms with Crippen LogP contribution < -0.4 is 16.9 Å². The molecule has 4 N–H and O–H groups in total. The van der Waals surface area contributed by atoms with Gasteiger partial charge in [0.2, 0.25) is 0 Å². The zero-order chi connectivity index (χ0) is 15.7. The standard InChI is InChI=1S/C16H22N4O2/c1-10-11(9-20-6-4-2-3-5-7-20)14-13(8-12(10)17)18-15(21)16(22)19-14/h8H,2-7,9,17H2,1H3,(H,18,21)(H,19,22). The van der Waals surface area contributed by atoms with E-state index in [0.29, 0.717) is 16.7 Å². The van der Waals surface area contributed by atoms with Crippen molar-refractivity contribution >= 4 is 16.7 Å². The van der Waals surface area contributed by atoms with E-state index in [4.69, 9.17) is 5.73 Å². The van der Waals surface area contributed by atoms with Crippen LogP contribution in [0.2, 0.25) is 0 Å². The highest BCUT2D eigenvalue weighted by Crippen LogP contribution is 2.25. The van der Waals surface area contributed by atoms with Gasteiger partial charge in [0.1, 0.15) is 0 Å². The van der Waals surface area contributed by atoms with Crippen molar-refractivity contribution in [3.8, 4) is 0 Å². The summed E-state index contributed by atoms with van der Waals surface area (Å²) in [5.74, 6) is 0. The number of nitrogens with two attached hydrogens (primary N) is 1. The second-order valence-electron chi connectivity index (χ2n) is 6.09. The topological polar surface area (TPSA) is 95.0 Å².